The van der Waals surface area contributed by atoms with Crippen molar-refractivity contribution >= 4 is 28.4 Å². The SMILES string of the molecule is COc1cccc2c1C1c3c(OC)cccc3N(c3ccccc3)c3cccc(c31)N2CCCO. The van der Waals surface area contributed by atoms with E-state index in [9.17, 15) is 5.11 Å². The number of fused-ring (bicyclic) bond motifs is 4. The summed E-state index contributed by atoms with van der Waals surface area (Å²) in [5.41, 5.74) is 9.09. The van der Waals surface area contributed by atoms with Gasteiger partial charge >= 0.3 is 0 Å². The number of ether oxygens (including phenoxy) is 2. The van der Waals surface area contributed by atoms with Gasteiger partial charge in [-0.3, -0.25) is 0 Å². The number of benzene rings is 4. The second-order valence-electron chi connectivity index (χ2n) is 8.83. The number of hydrogen-bond donors (Lipinski definition) is 1. The van der Waals surface area contributed by atoms with Crippen molar-refractivity contribution in [1.82, 2.24) is 0 Å². The predicted molar refractivity (Wildman–Crippen MR) is 140 cm³/mol. The van der Waals surface area contributed by atoms with E-state index in [4.69, 9.17) is 9.47 Å². The van der Waals surface area contributed by atoms with Gasteiger partial charge in [-0.05, 0) is 55.0 Å². The highest BCUT2D eigenvalue weighted by atomic mass is 16.5. The lowest BCUT2D eigenvalue weighted by Crippen LogP contribution is -2.32. The van der Waals surface area contributed by atoms with Gasteiger partial charge in [0, 0.05) is 52.8 Å². The van der Waals surface area contributed by atoms with Crippen LogP contribution < -0.4 is 19.3 Å². The lowest BCUT2D eigenvalue weighted by atomic mass is 9.75. The Hall–Kier alpha value is -3.96. The van der Waals surface area contributed by atoms with Gasteiger partial charge in [0.2, 0.25) is 0 Å². The molecule has 5 heteroatoms. The van der Waals surface area contributed by atoms with E-state index in [-0.39, 0.29) is 12.5 Å². The van der Waals surface area contributed by atoms with Gasteiger partial charge in [-0.1, -0.05) is 36.4 Å². The number of aliphatic hydroxyl groups excluding tert-OH is 1. The maximum Gasteiger partial charge on any atom is 0.125 e. The van der Waals surface area contributed by atoms with Crippen LogP contribution in [0.3, 0.4) is 0 Å². The first kappa shape index (κ1) is 21.6. The van der Waals surface area contributed by atoms with Gasteiger partial charge in [0.05, 0.1) is 25.6 Å². The van der Waals surface area contributed by atoms with Crippen molar-refractivity contribution < 1.29 is 14.6 Å². The minimum Gasteiger partial charge on any atom is -0.496 e. The van der Waals surface area contributed by atoms with E-state index in [1.807, 2.05) is 24.3 Å². The predicted octanol–water partition coefficient (Wildman–Crippen LogP) is 6.50. The number of rotatable bonds is 6. The number of hydrogen-bond acceptors (Lipinski definition) is 5. The Morgan fingerprint density at radius 1 is 0.657 bits per heavy atom. The van der Waals surface area contributed by atoms with E-state index >= 15 is 0 Å². The lowest BCUT2D eigenvalue weighted by Gasteiger charge is -2.45. The molecular formula is C30H28N2O3. The van der Waals surface area contributed by atoms with Gasteiger partial charge in [0.25, 0.3) is 0 Å². The van der Waals surface area contributed by atoms with Gasteiger partial charge in [-0.15, -0.1) is 0 Å². The Kier molecular flexibility index (Phi) is 5.34. The Labute approximate surface area is 205 Å². The van der Waals surface area contributed by atoms with Crippen molar-refractivity contribution in [3.63, 3.8) is 0 Å². The first-order chi connectivity index (χ1) is 17.3. The normalized spacial score (nSPS) is 15.2. The van der Waals surface area contributed by atoms with Crippen LogP contribution in [-0.4, -0.2) is 32.5 Å². The maximum absolute atomic E-state index is 9.67. The van der Waals surface area contributed by atoms with Crippen molar-refractivity contribution in [3.8, 4) is 11.5 Å². The van der Waals surface area contributed by atoms with Crippen LogP contribution in [0.5, 0.6) is 11.5 Å². The van der Waals surface area contributed by atoms with Gasteiger partial charge < -0.3 is 24.4 Å². The van der Waals surface area contributed by atoms with E-state index in [0.29, 0.717) is 13.0 Å². The highest BCUT2D eigenvalue weighted by Crippen LogP contribution is 2.61. The van der Waals surface area contributed by atoms with Crippen LogP contribution in [0, 0.1) is 0 Å². The molecule has 5 nitrogen and oxygen atoms in total. The summed E-state index contributed by atoms with van der Waals surface area (Å²) < 4.78 is 11.9. The van der Waals surface area contributed by atoms with Gasteiger partial charge in [0.1, 0.15) is 11.5 Å². The summed E-state index contributed by atoms with van der Waals surface area (Å²) in [6.45, 7) is 0.852. The molecule has 4 aromatic carbocycles. The molecule has 1 N–H and O–H groups in total. The molecule has 0 fully saturated rings. The van der Waals surface area contributed by atoms with E-state index in [1.54, 1.807) is 14.2 Å². The molecule has 6 rings (SSSR count). The molecule has 0 bridgehead atoms. The van der Waals surface area contributed by atoms with Crippen molar-refractivity contribution in [2.24, 2.45) is 0 Å². The van der Waals surface area contributed by atoms with Crippen molar-refractivity contribution in [2.75, 3.05) is 37.2 Å². The molecule has 0 aromatic heterocycles. The summed E-state index contributed by atoms with van der Waals surface area (Å²) in [7, 11) is 3.47. The van der Waals surface area contributed by atoms with Crippen LogP contribution in [0.1, 0.15) is 29.0 Å². The van der Waals surface area contributed by atoms with Crippen LogP contribution in [0.15, 0.2) is 84.9 Å². The molecule has 2 aliphatic rings. The zero-order valence-corrected chi connectivity index (χ0v) is 19.9. The number of nitrogens with zero attached hydrogens (tertiary/aromatic N) is 2. The average Bonchev–Trinajstić information content (AvgIpc) is 2.92. The minimum atomic E-state index is -0.0520. The second-order valence-corrected chi connectivity index (χ2v) is 8.83. The zero-order chi connectivity index (χ0) is 23.9. The Morgan fingerprint density at radius 2 is 1.20 bits per heavy atom. The quantitative estimate of drug-likeness (QED) is 0.311. The van der Waals surface area contributed by atoms with Gasteiger partial charge in [-0.25, -0.2) is 0 Å². The van der Waals surface area contributed by atoms with Crippen LogP contribution in [-0.2, 0) is 0 Å². The second kappa shape index (κ2) is 8.67. The third-order valence-electron chi connectivity index (χ3n) is 7.07. The number of aliphatic hydroxyl groups is 1. The molecule has 2 heterocycles. The summed E-state index contributed by atoms with van der Waals surface area (Å²) in [6, 6.07) is 29.5. The Balaban J connectivity index is 1.72. The third-order valence-corrected chi connectivity index (χ3v) is 7.07. The molecule has 4 aromatic rings. The molecule has 0 spiro atoms. The Morgan fingerprint density at radius 3 is 1.83 bits per heavy atom. The highest BCUT2D eigenvalue weighted by molar-refractivity contribution is 5.95. The highest BCUT2D eigenvalue weighted by Gasteiger charge is 2.43. The molecule has 0 saturated heterocycles. The van der Waals surface area contributed by atoms with Crippen LogP contribution in [0.4, 0.5) is 28.4 Å². The molecule has 0 aliphatic carbocycles. The molecule has 0 saturated carbocycles. The molecule has 0 radical (unpaired) electrons. The van der Waals surface area contributed by atoms with Gasteiger partial charge in [-0.2, -0.15) is 0 Å². The summed E-state index contributed by atoms with van der Waals surface area (Å²) in [4.78, 5) is 4.66. The monoisotopic (exact) mass is 464 g/mol. The van der Waals surface area contributed by atoms with Crippen molar-refractivity contribution in [1.29, 1.82) is 0 Å². The summed E-state index contributed by atoms with van der Waals surface area (Å²) in [6.07, 6.45) is 0.674. The van der Waals surface area contributed by atoms with Crippen molar-refractivity contribution in [3.05, 3.63) is 102 Å². The molecule has 176 valence electrons. The Bertz CT molecular complexity index is 1390. The van der Waals surface area contributed by atoms with E-state index in [1.165, 1.54) is 5.56 Å². The minimum absolute atomic E-state index is 0.0520. The first-order valence-electron chi connectivity index (χ1n) is 12.0. The topological polar surface area (TPSA) is 45.2 Å². The molecule has 2 aliphatic heterocycles. The van der Waals surface area contributed by atoms with Crippen LogP contribution in [0.2, 0.25) is 0 Å². The van der Waals surface area contributed by atoms with E-state index in [2.05, 4.69) is 70.5 Å². The maximum atomic E-state index is 9.67. The number of methoxy groups -OCH3 is 2. The molecule has 1 atom stereocenters. The van der Waals surface area contributed by atoms with E-state index in [0.717, 1.165) is 51.1 Å². The molecule has 1 unspecified atom stereocenters. The lowest BCUT2D eigenvalue weighted by molar-refractivity contribution is 0.290. The van der Waals surface area contributed by atoms with Crippen molar-refractivity contribution in [2.45, 2.75) is 12.3 Å². The summed E-state index contributed by atoms with van der Waals surface area (Å²) in [5.74, 6) is 1.66. The van der Waals surface area contributed by atoms with Crippen LogP contribution >= 0.6 is 0 Å². The zero-order valence-electron chi connectivity index (χ0n) is 19.9. The fourth-order valence-electron chi connectivity index (χ4n) is 5.72. The standard InChI is InChI=1S/C30H28N2O3/c1-34-25-16-7-13-22-28(25)30-27-21(31(22)18-9-19-33)12-6-14-23(27)32(20-10-4-3-5-11-20)24-15-8-17-26(35-2)29(24)30/h3-8,10-17,30,33H,9,18-19H2,1-2H3. The summed E-state index contributed by atoms with van der Waals surface area (Å²) in [5, 5.41) is 9.67. The molecule has 35 heavy (non-hydrogen) atoms. The number of para-hydroxylation sites is 1. The third kappa shape index (κ3) is 3.19. The molecule has 0 amide bonds. The molecular weight excluding hydrogens is 436 g/mol. The smallest absolute Gasteiger partial charge is 0.125 e. The van der Waals surface area contributed by atoms with E-state index < -0.39 is 0 Å². The van der Waals surface area contributed by atoms with Gasteiger partial charge in [0.15, 0.2) is 0 Å². The van der Waals surface area contributed by atoms with Crippen LogP contribution in [0.25, 0.3) is 0 Å². The average molecular weight is 465 g/mol. The first-order valence-corrected chi connectivity index (χ1v) is 12.0. The largest absolute Gasteiger partial charge is 0.496 e. The number of anilines is 5. The summed E-state index contributed by atoms with van der Waals surface area (Å²) >= 11 is 0. The fraction of sp³-hybridized carbons (Fsp3) is 0.200. The fourth-order valence-corrected chi connectivity index (χ4v) is 5.72.